The van der Waals surface area contributed by atoms with Crippen LogP contribution < -0.4 is 4.90 Å². The normalized spacial score (nSPS) is 12.3. The van der Waals surface area contributed by atoms with E-state index in [1.807, 2.05) is 19.1 Å². The van der Waals surface area contributed by atoms with E-state index in [2.05, 4.69) is 0 Å². The molecule has 0 bridgehead atoms. The first-order valence-corrected chi connectivity index (χ1v) is 10.1. The van der Waals surface area contributed by atoms with Crippen LogP contribution in [0, 0.1) is 6.92 Å². The number of hydrogen-bond acceptors (Lipinski definition) is 6. The van der Waals surface area contributed by atoms with Gasteiger partial charge in [-0.3, -0.25) is 4.79 Å². The Balaban J connectivity index is 2.36. The van der Waals surface area contributed by atoms with E-state index in [0.29, 0.717) is 5.69 Å². The van der Waals surface area contributed by atoms with Gasteiger partial charge in [0.2, 0.25) is 0 Å². The first-order chi connectivity index (χ1) is 12.8. The van der Waals surface area contributed by atoms with Crippen LogP contribution in [0.5, 0.6) is 0 Å². The lowest BCUT2D eigenvalue weighted by Crippen LogP contribution is -2.48. The Morgan fingerprint density at radius 1 is 1.04 bits per heavy atom. The topological polar surface area (TPSA) is 80.8 Å². The standard InChI is InChI=1S/C20H23NO5S/c1-15-9-11-17(12-10-15)21(19(16(2)22)20(23)26-3)13-14-27(24,25)18-7-5-4-6-8-18/h4-12,19H,13-14H2,1-3H3. The minimum absolute atomic E-state index is 0.0281. The number of nitrogens with zero attached hydrogens (tertiary/aromatic N) is 1. The minimum atomic E-state index is -3.57. The Kier molecular flexibility index (Phi) is 6.74. The molecule has 27 heavy (non-hydrogen) atoms. The summed E-state index contributed by atoms with van der Waals surface area (Å²) in [5, 5.41) is 0. The Morgan fingerprint density at radius 2 is 1.63 bits per heavy atom. The number of rotatable bonds is 8. The second kappa shape index (κ2) is 8.81. The fourth-order valence-electron chi connectivity index (χ4n) is 2.73. The van der Waals surface area contributed by atoms with Crippen LogP contribution in [0.25, 0.3) is 0 Å². The number of methoxy groups -OCH3 is 1. The van der Waals surface area contributed by atoms with E-state index in [9.17, 15) is 18.0 Å². The van der Waals surface area contributed by atoms with Crippen molar-refractivity contribution in [2.45, 2.75) is 24.8 Å². The minimum Gasteiger partial charge on any atom is -0.467 e. The van der Waals surface area contributed by atoms with Gasteiger partial charge in [0.1, 0.15) is 0 Å². The summed E-state index contributed by atoms with van der Waals surface area (Å²) >= 11 is 0. The first-order valence-electron chi connectivity index (χ1n) is 8.45. The highest BCUT2D eigenvalue weighted by molar-refractivity contribution is 7.91. The third-order valence-electron chi connectivity index (χ3n) is 4.19. The predicted molar refractivity (Wildman–Crippen MR) is 104 cm³/mol. The maximum absolute atomic E-state index is 12.6. The fourth-order valence-corrected chi connectivity index (χ4v) is 3.98. The third kappa shape index (κ3) is 5.17. The van der Waals surface area contributed by atoms with Crippen molar-refractivity contribution in [1.29, 1.82) is 0 Å². The van der Waals surface area contributed by atoms with Crippen LogP contribution in [-0.2, 0) is 24.2 Å². The predicted octanol–water partition coefficient (Wildman–Crippen LogP) is 2.41. The van der Waals surface area contributed by atoms with Crippen molar-refractivity contribution in [1.82, 2.24) is 0 Å². The smallest absolute Gasteiger partial charge is 0.336 e. The maximum atomic E-state index is 12.6. The Hall–Kier alpha value is -2.67. The molecule has 0 fully saturated rings. The van der Waals surface area contributed by atoms with E-state index in [0.717, 1.165) is 5.56 Å². The molecule has 2 aromatic carbocycles. The number of carbonyl (C=O) groups is 2. The average molecular weight is 389 g/mol. The quantitative estimate of drug-likeness (QED) is 0.509. The molecule has 0 heterocycles. The molecule has 0 spiro atoms. The van der Waals surface area contributed by atoms with Gasteiger partial charge in [0.05, 0.1) is 17.8 Å². The van der Waals surface area contributed by atoms with Crippen molar-refractivity contribution >= 4 is 27.3 Å². The van der Waals surface area contributed by atoms with Gasteiger partial charge in [-0.15, -0.1) is 0 Å². The van der Waals surface area contributed by atoms with Gasteiger partial charge in [0, 0.05) is 12.2 Å². The second-order valence-corrected chi connectivity index (χ2v) is 8.31. The largest absolute Gasteiger partial charge is 0.467 e. The number of benzene rings is 2. The van der Waals surface area contributed by atoms with E-state index in [-0.39, 0.29) is 17.2 Å². The molecule has 0 saturated carbocycles. The summed E-state index contributed by atoms with van der Waals surface area (Å²) in [4.78, 5) is 26.0. The molecule has 2 rings (SSSR count). The molecule has 0 aliphatic rings. The molecule has 1 unspecified atom stereocenters. The number of ketones is 1. The summed E-state index contributed by atoms with van der Waals surface area (Å²) in [5.41, 5.74) is 1.59. The van der Waals surface area contributed by atoms with Crippen molar-refractivity contribution < 1.29 is 22.7 Å². The molecule has 6 nitrogen and oxygen atoms in total. The van der Waals surface area contributed by atoms with Gasteiger partial charge >= 0.3 is 5.97 Å². The highest BCUT2D eigenvalue weighted by Gasteiger charge is 2.32. The van der Waals surface area contributed by atoms with Crippen LogP contribution >= 0.6 is 0 Å². The van der Waals surface area contributed by atoms with Crippen LogP contribution in [0.1, 0.15) is 12.5 Å². The molecule has 0 N–H and O–H groups in total. The summed E-state index contributed by atoms with van der Waals surface area (Å²) in [6.07, 6.45) is 0. The SMILES string of the molecule is COC(=O)C(C(C)=O)N(CCS(=O)(=O)c1ccccc1)c1ccc(C)cc1. The van der Waals surface area contributed by atoms with E-state index >= 15 is 0 Å². The van der Waals surface area contributed by atoms with Gasteiger partial charge in [-0.05, 0) is 38.1 Å². The monoisotopic (exact) mass is 389 g/mol. The van der Waals surface area contributed by atoms with Crippen LogP contribution in [0.3, 0.4) is 0 Å². The number of hydrogen-bond donors (Lipinski definition) is 0. The highest BCUT2D eigenvalue weighted by atomic mass is 32.2. The van der Waals surface area contributed by atoms with Gasteiger partial charge < -0.3 is 9.64 Å². The third-order valence-corrected chi connectivity index (χ3v) is 5.90. The zero-order chi connectivity index (χ0) is 20.0. The number of esters is 1. The van der Waals surface area contributed by atoms with Crippen molar-refractivity contribution in [2.75, 3.05) is 24.3 Å². The van der Waals surface area contributed by atoms with Crippen LogP contribution in [0.4, 0.5) is 5.69 Å². The van der Waals surface area contributed by atoms with Gasteiger partial charge in [-0.2, -0.15) is 0 Å². The van der Waals surface area contributed by atoms with Gasteiger partial charge in [0.15, 0.2) is 21.7 Å². The van der Waals surface area contributed by atoms with E-state index < -0.39 is 27.6 Å². The van der Waals surface area contributed by atoms with Crippen LogP contribution in [0.2, 0.25) is 0 Å². The lowest BCUT2D eigenvalue weighted by atomic mass is 10.1. The molecule has 144 valence electrons. The van der Waals surface area contributed by atoms with Crippen molar-refractivity contribution in [3.05, 3.63) is 60.2 Å². The Labute approximate surface area is 159 Å². The molecule has 0 saturated heterocycles. The second-order valence-electron chi connectivity index (χ2n) is 6.20. The molecule has 0 aromatic heterocycles. The number of sulfone groups is 1. The summed E-state index contributed by atoms with van der Waals surface area (Å²) < 4.78 is 30.0. The molecule has 7 heteroatoms. The molecular weight excluding hydrogens is 366 g/mol. The number of anilines is 1. The number of ether oxygens (including phenoxy) is 1. The number of Topliss-reactive ketones (excluding diaryl/α,β-unsaturated/α-hetero) is 1. The van der Waals surface area contributed by atoms with E-state index in [4.69, 9.17) is 4.74 Å². The van der Waals surface area contributed by atoms with Crippen LogP contribution in [-0.4, -0.2) is 45.6 Å². The first kappa shape index (κ1) is 20.6. The maximum Gasteiger partial charge on any atom is 0.336 e. The van der Waals surface area contributed by atoms with Gasteiger partial charge in [0.25, 0.3) is 0 Å². The van der Waals surface area contributed by atoms with E-state index in [1.54, 1.807) is 30.3 Å². The Morgan fingerprint density at radius 3 is 2.15 bits per heavy atom. The molecule has 0 aliphatic heterocycles. The molecular formula is C20H23NO5S. The summed E-state index contributed by atoms with van der Waals surface area (Å²) in [6, 6.07) is 14.1. The molecule has 0 amide bonds. The fraction of sp³-hybridized carbons (Fsp3) is 0.300. The molecule has 0 aliphatic carbocycles. The Bertz CT molecular complexity index is 892. The summed E-state index contributed by atoms with van der Waals surface area (Å²) in [6.45, 7) is 3.17. The number of carbonyl (C=O) groups excluding carboxylic acids is 2. The number of aryl methyl sites for hydroxylation is 1. The summed E-state index contributed by atoms with van der Waals surface area (Å²) in [7, 11) is -2.37. The lowest BCUT2D eigenvalue weighted by Gasteiger charge is -2.30. The molecule has 0 radical (unpaired) electrons. The van der Waals surface area contributed by atoms with Crippen LogP contribution in [0.15, 0.2) is 59.5 Å². The zero-order valence-corrected chi connectivity index (χ0v) is 16.4. The van der Waals surface area contributed by atoms with E-state index in [1.165, 1.54) is 31.1 Å². The van der Waals surface area contributed by atoms with Crippen molar-refractivity contribution in [3.63, 3.8) is 0 Å². The van der Waals surface area contributed by atoms with Gasteiger partial charge in [-0.1, -0.05) is 35.9 Å². The zero-order valence-electron chi connectivity index (χ0n) is 15.6. The average Bonchev–Trinajstić information content (AvgIpc) is 2.65. The highest BCUT2D eigenvalue weighted by Crippen LogP contribution is 2.21. The van der Waals surface area contributed by atoms with Crippen molar-refractivity contribution in [2.24, 2.45) is 0 Å². The van der Waals surface area contributed by atoms with Crippen molar-refractivity contribution in [3.8, 4) is 0 Å². The lowest BCUT2D eigenvalue weighted by molar-refractivity contribution is -0.145. The molecule has 2 aromatic rings. The van der Waals surface area contributed by atoms with Gasteiger partial charge in [-0.25, -0.2) is 13.2 Å². The molecule has 1 atom stereocenters. The summed E-state index contributed by atoms with van der Waals surface area (Å²) in [5.74, 6) is -1.38.